The second kappa shape index (κ2) is 7.85. The van der Waals surface area contributed by atoms with Gasteiger partial charge in [0.1, 0.15) is 0 Å². The van der Waals surface area contributed by atoms with Gasteiger partial charge in [-0.25, -0.2) is 4.79 Å². The predicted molar refractivity (Wildman–Crippen MR) is 88.4 cm³/mol. The Morgan fingerprint density at radius 1 is 1.04 bits per heavy atom. The lowest BCUT2D eigenvalue weighted by molar-refractivity contribution is -0.137. The molecular formula is C18H17N3O3. The number of rotatable bonds is 5. The zero-order chi connectivity index (χ0) is 17.5. The largest absolute Gasteiger partial charge is 0.460 e. The molecule has 0 atom stereocenters. The molecule has 0 fully saturated rings. The number of carbonyl (C=O) groups is 2. The lowest BCUT2D eigenvalue weighted by Gasteiger charge is -2.18. The molecule has 6 nitrogen and oxygen atoms in total. The van der Waals surface area contributed by atoms with Crippen LogP contribution in [0.1, 0.15) is 21.5 Å². The monoisotopic (exact) mass is 323 g/mol. The van der Waals surface area contributed by atoms with Crippen molar-refractivity contribution >= 4 is 17.6 Å². The Bertz CT molecular complexity index is 796. The van der Waals surface area contributed by atoms with E-state index >= 15 is 0 Å². The molecule has 1 amide bonds. The zero-order valence-corrected chi connectivity index (χ0v) is 13.5. The van der Waals surface area contributed by atoms with Crippen molar-refractivity contribution in [2.24, 2.45) is 0 Å². The van der Waals surface area contributed by atoms with Gasteiger partial charge in [-0.2, -0.15) is 4.79 Å². The highest BCUT2D eigenvalue weighted by Crippen LogP contribution is 2.14. The Balaban J connectivity index is 2.33. The number of ether oxygens (including phenoxy) is 1. The predicted octanol–water partition coefficient (Wildman–Crippen LogP) is 2.15. The van der Waals surface area contributed by atoms with Crippen LogP contribution >= 0.6 is 0 Å². The first-order chi connectivity index (χ1) is 11.6. The van der Waals surface area contributed by atoms with Gasteiger partial charge in [0, 0.05) is 13.6 Å². The van der Waals surface area contributed by atoms with Crippen LogP contribution in [-0.4, -0.2) is 41.4 Å². The van der Waals surface area contributed by atoms with Crippen LogP contribution < -0.4 is 0 Å². The fourth-order valence-corrected chi connectivity index (χ4v) is 2.31. The topological polar surface area (TPSA) is 83.0 Å². The van der Waals surface area contributed by atoms with Gasteiger partial charge in [0.25, 0.3) is 5.91 Å². The van der Waals surface area contributed by atoms with Crippen molar-refractivity contribution in [3.8, 4) is 0 Å². The van der Waals surface area contributed by atoms with Crippen molar-refractivity contribution in [2.45, 2.75) is 6.54 Å². The van der Waals surface area contributed by atoms with E-state index in [0.29, 0.717) is 6.54 Å². The number of amides is 1. The molecule has 122 valence electrons. The SMILES string of the molecule is COC(=O)C(=[N+]=[N-])c1ccccc1C(=O)N(C)Cc1ccccc1. The zero-order valence-electron chi connectivity index (χ0n) is 13.5. The number of carbonyl (C=O) groups excluding carboxylic acids is 2. The maximum absolute atomic E-state index is 12.7. The van der Waals surface area contributed by atoms with E-state index in [9.17, 15) is 9.59 Å². The van der Waals surface area contributed by atoms with Crippen LogP contribution in [0.15, 0.2) is 54.6 Å². The van der Waals surface area contributed by atoms with Crippen LogP contribution in [0.25, 0.3) is 5.53 Å². The standard InChI is InChI=1S/C18H17N3O3/c1-21(12-13-8-4-3-5-9-13)17(22)15-11-7-6-10-14(15)16(20-19)18(23)24-2/h3-11H,12H2,1-2H3. The summed E-state index contributed by atoms with van der Waals surface area (Å²) in [6.07, 6.45) is 0. The minimum atomic E-state index is -0.816. The second-order valence-electron chi connectivity index (χ2n) is 5.13. The first-order valence-electron chi connectivity index (χ1n) is 7.27. The number of benzene rings is 2. The summed E-state index contributed by atoms with van der Waals surface area (Å²) in [6, 6.07) is 16.0. The van der Waals surface area contributed by atoms with Gasteiger partial charge < -0.3 is 15.2 Å². The summed E-state index contributed by atoms with van der Waals surface area (Å²) in [4.78, 5) is 29.0. The summed E-state index contributed by atoms with van der Waals surface area (Å²) in [5, 5.41) is 0. The number of esters is 1. The molecule has 0 heterocycles. The van der Waals surface area contributed by atoms with Gasteiger partial charge in [-0.15, -0.1) is 0 Å². The van der Waals surface area contributed by atoms with Crippen LogP contribution in [0.2, 0.25) is 0 Å². The average molecular weight is 323 g/mol. The fraction of sp³-hybridized carbons (Fsp3) is 0.167. The molecule has 0 aliphatic carbocycles. The molecule has 0 spiro atoms. The molecule has 2 rings (SSSR count). The second-order valence-corrected chi connectivity index (χ2v) is 5.13. The third-order valence-corrected chi connectivity index (χ3v) is 3.50. The van der Waals surface area contributed by atoms with E-state index in [0.717, 1.165) is 5.56 Å². The van der Waals surface area contributed by atoms with Gasteiger partial charge in [-0.1, -0.05) is 42.5 Å². The minimum Gasteiger partial charge on any atom is -0.460 e. The van der Waals surface area contributed by atoms with Crippen molar-refractivity contribution in [3.05, 3.63) is 76.8 Å². The van der Waals surface area contributed by atoms with E-state index in [-0.39, 0.29) is 22.7 Å². The molecule has 0 saturated heterocycles. The first kappa shape index (κ1) is 17.1. The van der Waals surface area contributed by atoms with Crippen LogP contribution in [0.5, 0.6) is 0 Å². The summed E-state index contributed by atoms with van der Waals surface area (Å²) in [6.45, 7) is 0.415. The van der Waals surface area contributed by atoms with E-state index in [1.807, 2.05) is 30.3 Å². The molecule has 6 heteroatoms. The minimum absolute atomic E-state index is 0.219. The van der Waals surface area contributed by atoms with E-state index in [2.05, 4.69) is 9.53 Å². The highest BCUT2D eigenvalue weighted by Gasteiger charge is 2.29. The lowest BCUT2D eigenvalue weighted by atomic mass is 10.0. The molecular weight excluding hydrogens is 306 g/mol. The fourth-order valence-electron chi connectivity index (χ4n) is 2.31. The highest BCUT2D eigenvalue weighted by molar-refractivity contribution is 6.42. The molecule has 0 saturated carbocycles. The van der Waals surface area contributed by atoms with E-state index in [1.165, 1.54) is 18.1 Å². The number of hydrogen-bond donors (Lipinski definition) is 0. The Morgan fingerprint density at radius 3 is 2.21 bits per heavy atom. The average Bonchev–Trinajstić information content (AvgIpc) is 2.62. The lowest BCUT2D eigenvalue weighted by Crippen LogP contribution is -2.29. The van der Waals surface area contributed by atoms with Crippen LogP contribution in [0, 0.1) is 0 Å². The van der Waals surface area contributed by atoms with Gasteiger partial charge in [-0.05, 0) is 17.7 Å². The molecule has 2 aromatic carbocycles. The Kier molecular flexibility index (Phi) is 5.60. The molecule has 0 radical (unpaired) electrons. The van der Waals surface area contributed by atoms with Gasteiger partial charge >= 0.3 is 11.7 Å². The van der Waals surface area contributed by atoms with Crippen molar-refractivity contribution in [1.82, 2.24) is 4.90 Å². The van der Waals surface area contributed by atoms with Crippen molar-refractivity contribution in [2.75, 3.05) is 14.2 Å². The quantitative estimate of drug-likeness (QED) is 0.366. The Morgan fingerprint density at radius 2 is 1.62 bits per heavy atom. The molecule has 0 bridgehead atoms. The van der Waals surface area contributed by atoms with Gasteiger partial charge in [0.2, 0.25) is 0 Å². The molecule has 0 aliphatic rings. The molecule has 2 aromatic rings. The van der Waals surface area contributed by atoms with Crippen molar-refractivity contribution < 1.29 is 19.1 Å². The highest BCUT2D eigenvalue weighted by atomic mass is 16.5. The van der Waals surface area contributed by atoms with Crippen LogP contribution in [0.4, 0.5) is 0 Å². The number of nitrogens with zero attached hydrogens (tertiary/aromatic N) is 3. The summed E-state index contributed by atoms with van der Waals surface area (Å²) >= 11 is 0. The van der Waals surface area contributed by atoms with Crippen molar-refractivity contribution in [1.29, 1.82) is 0 Å². The normalized spacial score (nSPS) is 9.75. The van der Waals surface area contributed by atoms with Crippen molar-refractivity contribution in [3.63, 3.8) is 0 Å². The molecule has 0 N–H and O–H groups in total. The maximum atomic E-state index is 12.7. The Labute approximate surface area is 139 Å². The molecule has 24 heavy (non-hydrogen) atoms. The number of methoxy groups -OCH3 is 1. The van der Waals surface area contributed by atoms with E-state index in [4.69, 9.17) is 5.53 Å². The van der Waals surface area contributed by atoms with Crippen LogP contribution in [0.3, 0.4) is 0 Å². The summed E-state index contributed by atoms with van der Waals surface area (Å²) < 4.78 is 4.59. The summed E-state index contributed by atoms with van der Waals surface area (Å²) in [7, 11) is 2.85. The van der Waals surface area contributed by atoms with E-state index in [1.54, 1.807) is 25.2 Å². The Hall–Kier alpha value is -3.24. The third kappa shape index (κ3) is 3.74. The van der Waals surface area contributed by atoms with Crippen LogP contribution in [-0.2, 0) is 16.1 Å². The summed E-state index contributed by atoms with van der Waals surface area (Å²) in [5.41, 5.74) is 10.3. The van der Waals surface area contributed by atoms with Gasteiger partial charge in [0.15, 0.2) is 0 Å². The maximum Gasteiger partial charge on any atom is 0.422 e. The first-order valence-corrected chi connectivity index (χ1v) is 7.27. The van der Waals surface area contributed by atoms with Gasteiger partial charge in [0.05, 0.1) is 18.2 Å². The van der Waals surface area contributed by atoms with Gasteiger partial charge in [-0.3, -0.25) is 4.79 Å². The summed E-state index contributed by atoms with van der Waals surface area (Å²) in [5.74, 6) is -1.11. The third-order valence-electron chi connectivity index (χ3n) is 3.50. The molecule has 0 aliphatic heterocycles. The smallest absolute Gasteiger partial charge is 0.422 e. The molecule has 0 unspecified atom stereocenters. The van der Waals surface area contributed by atoms with E-state index < -0.39 is 5.97 Å². The molecule has 0 aromatic heterocycles. The number of hydrogen-bond acceptors (Lipinski definition) is 3.